The maximum Gasteiger partial charge on any atom is 0.0815 e. The minimum Gasteiger partial charge on any atom is -0.288 e. The first kappa shape index (κ1) is 6.84. The molecule has 0 aromatic heterocycles. The fourth-order valence-corrected chi connectivity index (χ4v) is 0.129. The van der Waals surface area contributed by atoms with E-state index in [9.17, 15) is 0 Å². The molecular formula is C3H9NO3. The molecule has 0 unspecified atom stereocenters. The maximum atomic E-state index is 8.17. The fraction of sp³-hybridized carbons (Fsp3) is 1.00. The highest BCUT2D eigenvalue weighted by Gasteiger charge is 1.85. The van der Waals surface area contributed by atoms with Crippen molar-refractivity contribution < 1.29 is 15.1 Å². The van der Waals surface area contributed by atoms with E-state index < -0.39 is 0 Å². The Morgan fingerprint density at radius 3 is 2.43 bits per heavy atom. The molecule has 0 fully saturated rings. The van der Waals surface area contributed by atoms with E-state index in [-0.39, 0.29) is 0 Å². The molecule has 0 amide bonds. The quantitative estimate of drug-likeness (QED) is 0.413. The minimum atomic E-state index is 0.422. The van der Waals surface area contributed by atoms with Crippen LogP contribution in [0.1, 0.15) is 6.92 Å². The van der Waals surface area contributed by atoms with Crippen molar-refractivity contribution in [2.75, 3.05) is 13.7 Å². The molecule has 0 aliphatic heterocycles. The topological polar surface area (TPSA) is 41.9 Å². The van der Waals surface area contributed by atoms with Crippen LogP contribution in [0.3, 0.4) is 0 Å². The van der Waals surface area contributed by atoms with Crippen LogP contribution >= 0.6 is 0 Å². The zero-order valence-electron chi connectivity index (χ0n) is 4.42. The summed E-state index contributed by atoms with van der Waals surface area (Å²) in [4.78, 5) is 8.35. The van der Waals surface area contributed by atoms with Gasteiger partial charge in [-0.05, 0) is 12.2 Å². The molecule has 0 saturated carbocycles. The second-order valence-corrected chi connectivity index (χ2v) is 0.945. The van der Waals surface area contributed by atoms with Gasteiger partial charge in [0.1, 0.15) is 0 Å². The van der Waals surface area contributed by atoms with Gasteiger partial charge in [-0.2, -0.15) is 0 Å². The number of nitrogens with zero attached hydrogens (tertiary/aromatic N) is 1. The molecule has 0 saturated heterocycles. The Labute approximate surface area is 42.1 Å². The largest absolute Gasteiger partial charge is 0.288 e. The van der Waals surface area contributed by atoms with Crippen molar-refractivity contribution in [3.8, 4) is 0 Å². The van der Waals surface area contributed by atoms with Crippen LogP contribution in [0.25, 0.3) is 0 Å². The average Bonchev–Trinajstić information content (AvgIpc) is 1.61. The van der Waals surface area contributed by atoms with E-state index in [1.54, 1.807) is 6.92 Å². The SMILES string of the molecule is CCOON(C)O. The Morgan fingerprint density at radius 2 is 2.29 bits per heavy atom. The molecule has 0 aromatic rings. The minimum absolute atomic E-state index is 0.422. The molecule has 0 aliphatic rings. The van der Waals surface area contributed by atoms with E-state index in [1.165, 1.54) is 7.05 Å². The van der Waals surface area contributed by atoms with Gasteiger partial charge in [-0.15, -0.1) is 4.99 Å². The Balaban J connectivity index is 2.68. The molecule has 0 radical (unpaired) electrons. The normalized spacial score (nSPS) is 10.3. The average molecular weight is 107 g/mol. The molecule has 44 valence electrons. The van der Waals surface area contributed by atoms with Gasteiger partial charge in [0.25, 0.3) is 0 Å². The molecular weight excluding hydrogens is 98.0 g/mol. The third-order valence-corrected chi connectivity index (χ3v) is 0.278. The van der Waals surface area contributed by atoms with Gasteiger partial charge >= 0.3 is 0 Å². The highest BCUT2D eigenvalue weighted by Crippen LogP contribution is 1.77. The summed E-state index contributed by atoms with van der Waals surface area (Å²) in [7, 11) is 1.32. The van der Waals surface area contributed by atoms with Crippen molar-refractivity contribution in [3.63, 3.8) is 0 Å². The Bertz CT molecular complexity index is 39.2. The second kappa shape index (κ2) is 4.01. The molecule has 0 aromatic carbocycles. The molecule has 0 spiro atoms. The first-order valence-electron chi connectivity index (χ1n) is 1.99. The molecule has 0 aliphatic carbocycles. The first-order valence-corrected chi connectivity index (χ1v) is 1.99. The zero-order chi connectivity index (χ0) is 5.70. The highest BCUT2D eigenvalue weighted by atomic mass is 17.3. The van der Waals surface area contributed by atoms with E-state index >= 15 is 0 Å². The van der Waals surface area contributed by atoms with E-state index in [0.717, 1.165) is 0 Å². The molecule has 4 nitrogen and oxygen atoms in total. The van der Waals surface area contributed by atoms with Crippen molar-refractivity contribution >= 4 is 0 Å². The van der Waals surface area contributed by atoms with Crippen LogP contribution in [0.4, 0.5) is 0 Å². The van der Waals surface area contributed by atoms with E-state index in [4.69, 9.17) is 5.21 Å². The van der Waals surface area contributed by atoms with E-state index in [1.807, 2.05) is 0 Å². The van der Waals surface area contributed by atoms with Crippen LogP contribution in [0.15, 0.2) is 0 Å². The third-order valence-electron chi connectivity index (χ3n) is 0.278. The van der Waals surface area contributed by atoms with Crippen LogP contribution < -0.4 is 0 Å². The van der Waals surface area contributed by atoms with Crippen molar-refractivity contribution in [1.82, 2.24) is 5.23 Å². The Morgan fingerprint density at radius 1 is 1.71 bits per heavy atom. The van der Waals surface area contributed by atoms with Crippen LogP contribution in [0.5, 0.6) is 0 Å². The number of hydroxylamine groups is 2. The van der Waals surface area contributed by atoms with Crippen molar-refractivity contribution in [1.29, 1.82) is 0 Å². The predicted molar refractivity (Wildman–Crippen MR) is 22.3 cm³/mol. The van der Waals surface area contributed by atoms with E-state index in [2.05, 4.69) is 9.88 Å². The smallest absolute Gasteiger partial charge is 0.0815 e. The summed E-state index contributed by atoms with van der Waals surface area (Å²) in [5.74, 6) is 0. The fourth-order valence-electron chi connectivity index (χ4n) is 0.129. The summed E-state index contributed by atoms with van der Waals surface area (Å²) in [6.07, 6.45) is 0. The summed E-state index contributed by atoms with van der Waals surface area (Å²) >= 11 is 0. The van der Waals surface area contributed by atoms with Gasteiger partial charge in [0.2, 0.25) is 0 Å². The number of hydrogen-bond acceptors (Lipinski definition) is 4. The van der Waals surface area contributed by atoms with Crippen LogP contribution in [-0.2, 0) is 9.88 Å². The molecule has 0 heterocycles. The van der Waals surface area contributed by atoms with Gasteiger partial charge in [0.15, 0.2) is 0 Å². The van der Waals surface area contributed by atoms with Crippen molar-refractivity contribution in [2.24, 2.45) is 0 Å². The number of hydrogen-bond donors (Lipinski definition) is 1. The molecule has 0 bridgehead atoms. The third kappa shape index (κ3) is 5.84. The van der Waals surface area contributed by atoms with Gasteiger partial charge < -0.3 is 0 Å². The summed E-state index contributed by atoms with van der Waals surface area (Å²) in [5.41, 5.74) is 0. The lowest BCUT2D eigenvalue weighted by Gasteiger charge is -2.03. The monoisotopic (exact) mass is 107 g/mol. The van der Waals surface area contributed by atoms with Crippen LogP contribution in [0.2, 0.25) is 0 Å². The van der Waals surface area contributed by atoms with Gasteiger partial charge in [-0.1, -0.05) is 0 Å². The molecule has 1 N–H and O–H groups in total. The number of rotatable bonds is 3. The summed E-state index contributed by atoms with van der Waals surface area (Å²) < 4.78 is 0. The lowest BCUT2D eigenvalue weighted by atomic mass is 10.9. The van der Waals surface area contributed by atoms with Gasteiger partial charge in [-0.25, -0.2) is 4.89 Å². The standard InChI is InChI=1S/C3H9NO3/c1-3-6-7-4(2)5/h5H,3H2,1-2H3. The lowest BCUT2D eigenvalue weighted by molar-refractivity contribution is -0.500. The van der Waals surface area contributed by atoms with Gasteiger partial charge in [-0.3, -0.25) is 5.21 Å². The summed E-state index contributed by atoms with van der Waals surface area (Å²) in [6, 6.07) is 0. The molecule has 0 rings (SSSR count). The molecule has 4 heteroatoms. The molecule has 0 atom stereocenters. The van der Waals surface area contributed by atoms with Crippen molar-refractivity contribution in [3.05, 3.63) is 0 Å². The Kier molecular flexibility index (Phi) is 3.92. The van der Waals surface area contributed by atoms with Crippen molar-refractivity contribution in [2.45, 2.75) is 6.92 Å². The van der Waals surface area contributed by atoms with E-state index in [0.29, 0.717) is 11.8 Å². The Hall–Kier alpha value is -0.160. The predicted octanol–water partition coefficient (Wildman–Crippen LogP) is 0.191. The second-order valence-electron chi connectivity index (χ2n) is 0.945. The summed E-state index contributed by atoms with van der Waals surface area (Å²) in [6.45, 7) is 2.17. The maximum absolute atomic E-state index is 8.17. The highest BCUT2D eigenvalue weighted by molar-refractivity contribution is 3.91. The van der Waals surface area contributed by atoms with Gasteiger partial charge in [0, 0.05) is 7.05 Å². The van der Waals surface area contributed by atoms with Gasteiger partial charge in [0.05, 0.1) is 6.61 Å². The summed E-state index contributed by atoms with van der Waals surface area (Å²) in [5, 5.41) is 8.66. The molecule has 7 heavy (non-hydrogen) atoms. The first-order chi connectivity index (χ1) is 3.27. The van der Waals surface area contributed by atoms with Crippen LogP contribution in [0, 0.1) is 0 Å². The van der Waals surface area contributed by atoms with Crippen LogP contribution in [-0.4, -0.2) is 24.1 Å². The zero-order valence-corrected chi connectivity index (χ0v) is 4.42. The lowest BCUT2D eigenvalue weighted by Crippen LogP contribution is -2.13.